The third-order valence-electron chi connectivity index (χ3n) is 5.22. The minimum Gasteiger partial charge on any atom is -0.393 e. The second-order valence-electron chi connectivity index (χ2n) is 6.14. The van der Waals surface area contributed by atoms with Crippen LogP contribution in [0.15, 0.2) is 60.7 Å². The van der Waals surface area contributed by atoms with Gasteiger partial charge in [-0.15, -0.1) is 0 Å². The van der Waals surface area contributed by atoms with Crippen molar-refractivity contribution in [1.29, 1.82) is 0 Å². The van der Waals surface area contributed by atoms with Crippen LogP contribution < -0.4 is 0 Å². The van der Waals surface area contributed by atoms with Gasteiger partial charge < -0.3 is 5.11 Å². The lowest BCUT2D eigenvalue weighted by Crippen LogP contribution is -2.15. The van der Waals surface area contributed by atoms with Crippen LogP contribution in [0.4, 0.5) is 0 Å². The van der Waals surface area contributed by atoms with Gasteiger partial charge in [0.2, 0.25) is 0 Å². The van der Waals surface area contributed by atoms with Crippen molar-refractivity contribution in [3.8, 4) is 0 Å². The lowest BCUT2D eigenvalue weighted by atomic mass is 9.84. The molecule has 2 aliphatic rings. The van der Waals surface area contributed by atoms with E-state index in [1.807, 2.05) is 0 Å². The molecule has 2 atom stereocenters. The Labute approximate surface area is 113 Å². The van der Waals surface area contributed by atoms with Crippen LogP contribution in [-0.2, 0) is 10.8 Å². The van der Waals surface area contributed by atoms with Crippen molar-refractivity contribution in [3.63, 3.8) is 0 Å². The van der Waals surface area contributed by atoms with Gasteiger partial charge >= 0.3 is 0 Å². The third kappa shape index (κ3) is 1.39. The molecule has 0 heterocycles. The number of benzene rings is 2. The maximum Gasteiger partial charge on any atom is 0.0558 e. The van der Waals surface area contributed by atoms with E-state index in [1.54, 1.807) is 0 Å². The van der Waals surface area contributed by atoms with Crippen molar-refractivity contribution in [2.24, 2.45) is 0 Å². The number of fused-ring (bicyclic) bond motifs is 1. The number of rotatable bonds is 2. The van der Waals surface area contributed by atoms with E-state index in [0.29, 0.717) is 0 Å². The Morgan fingerprint density at radius 3 is 1.58 bits per heavy atom. The molecule has 0 bridgehead atoms. The van der Waals surface area contributed by atoms with E-state index < -0.39 is 0 Å². The van der Waals surface area contributed by atoms with E-state index in [2.05, 4.69) is 60.7 Å². The Morgan fingerprint density at radius 1 is 0.737 bits per heavy atom. The molecule has 2 aromatic carbocycles. The fraction of sp³-hybridized carbons (Fsp3) is 0.333. The predicted molar refractivity (Wildman–Crippen MR) is 76.1 cm³/mol. The molecule has 1 heteroatoms. The van der Waals surface area contributed by atoms with Gasteiger partial charge in [0.25, 0.3) is 0 Å². The summed E-state index contributed by atoms with van der Waals surface area (Å²) in [5.74, 6) is 0. The van der Waals surface area contributed by atoms with Crippen LogP contribution in [0.1, 0.15) is 30.4 Å². The fourth-order valence-electron chi connectivity index (χ4n) is 4.39. The quantitative estimate of drug-likeness (QED) is 0.866. The predicted octanol–water partition coefficient (Wildman–Crippen LogP) is 3.42. The van der Waals surface area contributed by atoms with Crippen LogP contribution in [0.25, 0.3) is 0 Å². The zero-order valence-electron chi connectivity index (χ0n) is 10.9. The molecule has 19 heavy (non-hydrogen) atoms. The van der Waals surface area contributed by atoms with Crippen molar-refractivity contribution in [2.45, 2.75) is 36.2 Å². The van der Waals surface area contributed by atoms with Crippen molar-refractivity contribution in [1.82, 2.24) is 0 Å². The number of hydrogen-bond acceptors (Lipinski definition) is 1. The Morgan fingerprint density at radius 2 is 1.16 bits per heavy atom. The number of aliphatic hydroxyl groups is 1. The van der Waals surface area contributed by atoms with E-state index in [1.165, 1.54) is 17.5 Å². The van der Waals surface area contributed by atoms with Crippen LogP contribution in [0, 0.1) is 0 Å². The molecule has 0 amide bonds. The SMILES string of the molecule is OC1CC2(c3ccccc3)CC2(c2ccccc2)C1. The van der Waals surface area contributed by atoms with Crippen LogP contribution in [-0.4, -0.2) is 11.2 Å². The summed E-state index contributed by atoms with van der Waals surface area (Å²) in [6, 6.07) is 21.5. The Kier molecular flexibility index (Phi) is 2.19. The van der Waals surface area contributed by atoms with Crippen molar-refractivity contribution in [3.05, 3.63) is 71.8 Å². The Balaban J connectivity index is 1.83. The zero-order valence-corrected chi connectivity index (χ0v) is 10.9. The molecule has 0 aromatic heterocycles. The smallest absolute Gasteiger partial charge is 0.0558 e. The van der Waals surface area contributed by atoms with Gasteiger partial charge in [0.1, 0.15) is 0 Å². The molecule has 2 saturated carbocycles. The molecular formula is C18H18O. The summed E-state index contributed by atoms with van der Waals surface area (Å²) >= 11 is 0. The first kappa shape index (κ1) is 11.2. The average Bonchev–Trinajstić information content (AvgIpc) is 3.00. The standard InChI is InChI=1S/C18H18O/c19-16-11-17(14-7-3-1-4-8-14)13-18(17,12-16)15-9-5-2-6-10-15/h1-10,16,19H,11-13H2. The summed E-state index contributed by atoms with van der Waals surface area (Å²) in [6.45, 7) is 0. The first-order valence-electron chi connectivity index (χ1n) is 7.06. The number of aliphatic hydroxyl groups excluding tert-OH is 1. The van der Waals surface area contributed by atoms with Gasteiger partial charge in [-0.2, -0.15) is 0 Å². The molecule has 4 rings (SSSR count). The summed E-state index contributed by atoms with van der Waals surface area (Å²) < 4.78 is 0. The van der Waals surface area contributed by atoms with E-state index in [4.69, 9.17) is 0 Å². The molecule has 1 N–H and O–H groups in total. The topological polar surface area (TPSA) is 20.2 Å². The molecule has 2 aliphatic carbocycles. The van der Waals surface area contributed by atoms with Crippen LogP contribution in [0.2, 0.25) is 0 Å². The first-order valence-corrected chi connectivity index (χ1v) is 7.06. The molecule has 0 saturated heterocycles. The molecule has 1 nitrogen and oxygen atoms in total. The monoisotopic (exact) mass is 250 g/mol. The van der Waals surface area contributed by atoms with Gasteiger partial charge in [-0.25, -0.2) is 0 Å². The molecular weight excluding hydrogens is 232 g/mol. The maximum atomic E-state index is 10.2. The number of hydrogen-bond donors (Lipinski definition) is 1. The highest BCUT2D eigenvalue weighted by molar-refractivity contribution is 5.52. The summed E-state index contributed by atoms with van der Waals surface area (Å²) in [6.07, 6.45) is 2.84. The molecule has 96 valence electrons. The normalized spacial score (nSPS) is 35.9. The summed E-state index contributed by atoms with van der Waals surface area (Å²) in [5.41, 5.74) is 3.15. The highest BCUT2D eigenvalue weighted by Crippen LogP contribution is 2.74. The zero-order chi connectivity index (χ0) is 12.9. The van der Waals surface area contributed by atoms with Crippen LogP contribution in [0.3, 0.4) is 0 Å². The summed E-state index contributed by atoms with van der Waals surface area (Å²) in [4.78, 5) is 0. The van der Waals surface area contributed by atoms with Gasteiger partial charge in [-0.3, -0.25) is 0 Å². The molecule has 2 aromatic rings. The first-order chi connectivity index (χ1) is 9.27. The molecule has 0 radical (unpaired) electrons. The summed E-state index contributed by atoms with van der Waals surface area (Å²) in [5, 5.41) is 10.2. The molecule has 0 spiro atoms. The van der Waals surface area contributed by atoms with Crippen LogP contribution in [0.5, 0.6) is 0 Å². The van der Waals surface area contributed by atoms with Crippen molar-refractivity contribution < 1.29 is 5.11 Å². The minimum atomic E-state index is -0.158. The van der Waals surface area contributed by atoms with Crippen molar-refractivity contribution >= 4 is 0 Å². The Bertz CT molecular complexity index is 538. The van der Waals surface area contributed by atoms with Gasteiger partial charge in [0.15, 0.2) is 0 Å². The van der Waals surface area contributed by atoms with E-state index in [9.17, 15) is 5.11 Å². The van der Waals surface area contributed by atoms with Gasteiger partial charge in [0.05, 0.1) is 6.10 Å². The second-order valence-corrected chi connectivity index (χ2v) is 6.14. The fourth-order valence-corrected chi connectivity index (χ4v) is 4.39. The van der Waals surface area contributed by atoms with Crippen LogP contribution >= 0.6 is 0 Å². The largest absolute Gasteiger partial charge is 0.393 e. The molecule has 0 aliphatic heterocycles. The van der Waals surface area contributed by atoms with Gasteiger partial charge in [0, 0.05) is 10.8 Å². The molecule has 2 unspecified atom stereocenters. The van der Waals surface area contributed by atoms with E-state index in [0.717, 1.165) is 12.8 Å². The van der Waals surface area contributed by atoms with Crippen molar-refractivity contribution in [2.75, 3.05) is 0 Å². The summed E-state index contributed by atoms with van der Waals surface area (Å²) in [7, 11) is 0. The minimum absolute atomic E-state index is 0.158. The Hall–Kier alpha value is -1.60. The maximum absolute atomic E-state index is 10.2. The van der Waals surface area contributed by atoms with Gasteiger partial charge in [-0.05, 0) is 30.4 Å². The second kappa shape index (κ2) is 3.71. The third-order valence-corrected chi connectivity index (χ3v) is 5.22. The van der Waals surface area contributed by atoms with E-state index in [-0.39, 0.29) is 16.9 Å². The molecule has 2 fully saturated rings. The average molecular weight is 250 g/mol. The lowest BCUT2D eigenvalue weighted by molar-refractivity contribution is 0.163. The lowest BCUT2D eigenvalue weighted by Gasteiger charge is -2.19. The van der Waals surface area contributed by atoms with Gasteiger partial charge in [-0.1, -0.05) is 60.7 Å². The highest BCUT2D eigenvalue weighted by atomic mass is 16.3. The van der Waals surface area contributed by atoms with E-state index >= 15 is 0 Å². The highest BCUT2D eigenvalue weighted by Gasteiger charge is 2.72.